The minimum Gasteiger partial charge on any atom is -0.480 e. The summed E-state index contributed by atoms with van der Waals surface area (Å²) in [7, 11) is 1.59. The number of hydrogen-bond donors (Lipinski definition) is 2. The summed E-state index contributed by atoms with van der Waals surface area (Å²) < 4.78 is 5.57. The van der Waals surface area contributed by atoms with Crippen molar-refractivity contribution in [3.63, 3.8) is 0 Å². The number of unbranched alkanes of at least 4 members (excludes halogenated alkanes) is 2. The number of amides is 2. The normalized spacial score (nSPS) is 15.2. The van der Waals surface area contributed by atoms with Crippen molar-refractivity contribution in [3.8, 4) is 17.1 Å². The first-order chi connectivity index (χ1) is 19.0. The number of aromatic amines is 1. The maximum absolute atomic E-state index is 13.1. The van der Waals surface area contributed by atoms with Crippen LogP contribution in [0.25, 0.3) is 22.2 Å². The average molecular weight is 546 g/mol. The molecule has 0 atom stereocenters. The molecule has 2 amide bonds. The third-order valence-electron chi connectivity index (χ3n) is 6.62. The SMILES string of the molecule is COc1nc2ccccc2cc1-c1cnc(C(CCCCCC(N)=O)=NC(=O)CC2=CSC3=NCCCN23)[nH]1. The number of imidazole rings is 1. The van der Waals surface area contributed by atoms with E-state index in [-0.39, 0.29) is 18.2 Å². The fourth-order valence-corrected chi connectivity index (χ4v) is 5.62. The summed E-state index contributed by atoms with van der Waals surface area (Å²) in [6, 6.07) is 9.84. The standard InChI is InChI=1S/C28H31N7O3S/c1-38-27-20(14-18-8-5-6-9-21(18)34-27)23-16-31-26(33-23)22(10-3-2-4-11-24(29)36)32-25(37)15-19-17-39-28-30-12-7-13-35(19)28/h5-6,8-9,14,16-17H,2-4,7,10-13,15H2,1H3,(H2,29,36)(H,31,33). The molecule has 2 aromatic heterocycles. The monoisotopic (exact) mass is 545 g/mol. The van der Waals surface area contributed by atoms with Gasteiger partial charge in [0, 0.05) is 30.6 Å². The Morgan fingerprint density at radius 1 is 1.21 bits per heavy atom. The number of thioether (sulfide) groups is 1. The molecule has 11 heteroatoms. The van der Waals surface area contributed by atoms with Crippen LogP contribution in [0.3, 0.4) is 0 Å². The number of methoxy groups -OCH3 is 1. The Morgan fingerprint density at radius 2 is 2.05 bits per heavy atom. The first-order valence-corrected chi connectivity index (χ1v) is 14.0. The summed E-state index contributed by atoms with van der Waals surface area (Å²) in [4.78, 5) is 47.9. The summed E-state index contributed by atoms with van der Waals surface area (Å²) >= 11 is 1.56. The summed E-state index contributed by atoms with van der Waals surface area (Å²) in [5, 5.41) is 3.92. The molecule has 1 aromatic carbocycles. The molecular formula is C28H31N7O3S. The fourth-order valence-electron chi connectivity index (χ4n) is 4.67. The summed E-state index contributed by atoms with van der Waals surface area (Å²) in [5.74, 6) is 0.466. The third-order valence-corrected chi connectivity index (χ3v) is 7.57. The number of benzene rings is 1. The van der Waals surface area contributed by atoms with E-state index in [0.717, 1.165) is 65.4 Å². The fraction of sp³-hybridized carbons (Fsp3) is 0.357. The molecule has 2 aliphatic rings. The van der Waals surface area contributed by atoms with Crippen molar-refractivity contribution in [2.45, 2.75) is 44.9 Å². The average Bonchev–Trinajstić information content (AvgIpc) is 3.59. The molecule has 0 radical (unpaired) electrons. The van der Waals surface area contributed by atoms with Gasteiger partial charge in [-0.1, -0.05) is 36.4 Å². The number of aliphatic imine (C=N–C) groups is 2. The van der Waals surface area contributed by atoms with Gasteiger partial charge in [0.25, 0.3) is 5.91 Å². The molecule has 0 aliphatic carbocycles. The number of nitrogens with two attached hydrogens (primary N) is 1. The Balaban J connectivity index is 1.38. The zero-order chi connectivity index (χ0) is 27.2. The van der Waals surface area contributed by atoms with Crippen LogP contribution in [0, 0.1) is 0 Å². The van der Waals surface area contributed by atoms with Crippen LogP contribution in [0.5, 0.6) is 5.88 Å². The second kappa shape index (κ2) is 12.2. The maximum Gasteiger partial charge on any atom is 0.251 e. The Kier molecular flexibility index (Phi) is 8.36. The van der Waals surface area contributed by atoms with E-state index in [1.54, 1.807) is 25.1 Å². The molecule has 2 aliphatic heterocycles. The second-order valence-electron chi connectivity index (χ2n) is 9.44. The van der Waals surface area contributed by atoms with Gasteiger partial charge in [0.05, 0.1) is 42.2 Å². The van der Waals surface area contributed by atoms with E-state index in [2.05, 4.69) is 29.8 Å². The van der Waals surface area contributed by atoms with E-state index < -0.39 is 0 Å². The van der Waals surface area contributed by atoms with E-state index in [0.29, 0.717) is 36.7 Å². The molecular weight excluding hydrogens is 514 g/mol. The van der Waals surface area contributed by atoms with Gasteiger partial charge in [0.15, 0.2) is 11.0 Å². The number of hydrogen-bond acceptors (Lipinski definition) is 8. The van der Waals surface area contributed by atoms with Crippen molar-refractivity contribution in [2.24, 2.45) is 15.7 Å². The lowest BCUT2D eigenvalue weighted by Gasteiger charge is -2.24. The van der Waals surface area contributed by atoms with Crippen molar-refractivity contribution in [1.29, 1.82) is 0 Å². The molecule has 0 bridgehead atoms. The van der Waals surface area contributed by atoms with E-state index in [9.17, 15) is 9.59 Å². The number of carbonyl (C=O) groups excluding carboxylic acids is 2. The van der Waals surface area contributed by atoms with Gasteiger partial charge in [-0.05, 0) is 43.2 Å². The molecule has 0 unspecified atom stereocenters. The Morgan fingerprint density at radius 3 is 2.90 bits per heavy atom. The van der Waals surface area contributed by atoms with Gasteiger partial charge in [-0.25, -0.2) is 15.0 Å². The summed E-state index contributed by atoms with van der Waals surface area (Å²) in [6.07, 6.45) is 6.00. The van der Waals surface area contributed by atoms with E-state index in [4.69, 9.17) is 10.5 Å². The molecule has 10 nitrogen and oxygen atoms in total. The molecule has 0 spiro atoms. The van der Waals surface area contributed by atoms with Gasteiger partial charge in [0.2, 0.25) is 11.8 Å². The summed E-state index contributed by atoms with van der Waals surface area (Å²) in [6.45, 7) is 1.69. The number of fused-ring (bicyclic) bond motifs is 2. The zero-order valence-electron chi connectivity index (χ0n) is 21.9. The Labute approximate surface area is 230 Å². The third kappa shape index (κ3) is 6.36. The molecule has 0 saturated heterocycles. The highest BCUT2D eigenvalue weighted by atomic mass is 32.2. The molecule has 3 N–H and O–H groups in total. The maximum atomic E-state index is 13.1. The van der Waals surface area contributed by atoms with Crippen molar-refractivity contribution in [1.82, 2.24) is 19.9 Å². The number of carbonyl (C=O) groups is 2. The van der Waals surface area contributed by atoms with E-state index >= 15 is 0 Å². The highest BCUT2D eigenvalue weighted by molar-refractivity contribution is 8.16. The smallest absolute Gasteiger partial charge is 0.251 e. The van der Waals surface area contributed by atoms with Gasteiger partial charge in [0.1, 0.15) is 0 Å². The molecule has 4 heterocycles. The van der Waals surface area contributed by atoms with Crippen LogP contribution in [-0.2, 0) is 9.59 Å². The Hall–Kier alpha value is -3.99. The number of nitrogens with one attached hydrogen (secondary N) is 1. The number of ether oxygens (including phenoxy) is 1. The van der Waals surface area contributed by atoms with Crippen LogP contribution in [0.15, 0.2) is 57.6 Å². The van der Waals surface area contributed by atoms with Crippen LogP contribution in [-0.4, -0.2) is 62.7 Å². The van der Waals surface area contributed by atoms with Crippen molar-refractivity contribution < 1.29 is 14.3 Å². The highest BCUT2D eigenvalue weighted by Crippen LogP contribution is 2.32. The van der Waals surface area contributed by atoms with Crippen LogP contribution in [0.2, 0.25) is 0 Å². The number of para-hydroxylation sites is 1. The summed E-state index contributed by atoms with van der Waals surface area (Å²) in [5.41, 5.74) is 9.11. The first-order valence-electron chi connectivity index (χ1n) is 13.1. The molecule has 0 fully saturated rings. The van der Waals surface area contributed by atoms with Crippen LogP contribution in [0.1, 0.15) is 50.8 Å². The van der Waals surface area contributed by atoms with Crippen molar-refractivity contribution in [2.75, 3.05) is 20.2 Å². The van der Waals surface area contributed by atoms with Gasteiger partial charge in [-0.3, -0.25) is 14.6 Å². The lowest BCUT2D eigenvalue weighted by Crippen LogP contribution is -2.30. The Bertz CT molecular complexity index is 1480. The molecule has 0 saturated carbocycles. The largest absolute Gasteiger partial charge is 0.480 e. The van der Waals surface area contributed by atoms with Crippen molar-refractivity contribution >= 4 is 45.4 Å². The highest BCUT2D eigenvalue weighted by Gasteiger charge is 2.26. The van der Waals surface area contributed by atoms with Gasteiger partial charge >= 0.3 is 0 Å². The van der Waals surface area contributed by atoms with Crippen LogP contribution in [0.4, 0.5) is 0 Å². The molecule has 5 rings (SSSR count). The van der Waals surface area contributed by atoms with Gasteiger partial charge in [-0.15, -0.1) is 0 Å². The number of aromatic nitrogens is 3. The number of H-pyrrole nitrogens is 1. The molecule has 3 aromatic rings. The van der Waals surface area contributed by atoms with Crippen molar-refractivity contribution in [3.05, 3.63) is 53.5 Å². The quantitative estimate of drug-likeness (QED) is 0.268. The van der Waals surface area contributed by atoms with E-state index in [1.807, 2.05) is 35.7 Å². The van der Waals surface area contributed by atoms with Crippen LogP contribution < -0.4 is 10.5 Å². The number of pyridine rings is 1. The topological polar surface area (TPSA) is 139 Å². The molecule has 202 valence electrons. The zero-order valence-corrected chi connectivity index (χ0v) is 22.7. The predicted octanol–water partition coefficient (Wildman–Crippen LogP) is 4.43. The minimum atomic E-state index is -0.309. The first kappa shape index (κ1) is 26.6. The van der Waals surface area contributed by atoms with Crippen LogP contribution >= 0.6 is 11.8 Å². The van der Waals surface area contributed by atoms with Gasteiger partial charge in [-0.2, -0.15) is 0 Å². The number of primary amides is 1. The number of nitrogens with zero attached hydrogens (tertiary/aromatic N) is 5. The number of rotatable bonds is 11. The van der Waals surface area contributed by atoms with Gasteiger partial charge < -0.3 is 20.4 Å². The lowest BCUT2D eigenvalue weighted by molar-refractivity contribution is -0.118. The second-order valence-corrected chi connectivity index (χ2v) is 10.3. The lowest BCUT2D eigenvalue weighted by atomic mass is 10.1. The molecule has 39 heavy (non-hydrogen) atoms. The predicted molar refractivity (Wildman–Crippen MR) is 154 cm³/mol. The number of amidine groups is 1. The van der Waals surface area contributed by atoms with E-state index in [1.165, 1.54) is 0 Å². The minimum absolute atomic E-state index is 0.202.